The smallest absolute Gasteiger partial charge is 0.119 e. The van der Waals surface area contributed by atoms with Crippen LogP contribution in [0.2, 0.25) is 0 Å². The van der Waals surface area contributed by atoms with Crippen molar-refractivity contribution in [2.45, 2.75) is 6.04 Å². The molecule has 2 rings (SSSR count). The van der Waals surface area contributed by atoms with E-state index in [1.165, 1.54) is 0 Å². The van der Waals surface area contributed by atoms with Gasteiger partial charge in [0.15, 0.2) is 0 Å². The Morgan fingerprint density at radius 3 is 2.69 bits per heavy atom. The maximum atomic E-state index is 6.14. The lowest BCUT2D eigenvalue weighted by Crippen LogP contribution is -2.10. The Morgan fingerprint density at radius 2 is 2.06 bits per heavy atom. The second-order valence-corrected chi connectivity index (χ2v) is 4.09. The molecule has 0 saturated carbocycles. The number of hydrogen-bond acceptors (Lipinski definition) is 3. The average molecular weight is 256 g/mol. The molecule has 0 aliphatic rings. The van der Waals surface area contributed by atoms with E-state index in [4.69, 9.17) is 10.5 Å². The van der Waals surface area contributed by atoms with Crippen LogP contribution in [0.3, 0.4) is 0 Å². The van der Waals surface area contributed by atoms with Gasteiger partial charge in [-0.15, -0.1) is 12.4 Å². The summed E-state index contributed by atoms with van der Waals surface area (Å²) in [5.74, 6) is 0.846. The molecule has 0 unspecified atom stereocenters. The molecule has 1 aromatic carbocycles. The van der Waals surface area contributed by atoms with Gasteiger partial charge in [-0.1, -0.05) is 12.1 Å². The molecule has 1 aromatic heterocycles. The number of nitrogens with two attached hydrogens (primary N) is 1. The van der Waals surface area contributed by atoms with Crippen molar-refractivity contribution in [3.8, 4) is 5.75 Å². The van der Waals surface area contributed by atoms with Gasteiger partial charge in [0.2, 0.25) is 0 Å². The van der Waals surface area contributed by atoms with Gasteiger partial charge in [-0.2, -0.15) is 11.3 Å². The van der Waals surface area contributed by atoms with E-state index in [-0.39, 0.29) is 18.4 Å². The van der Waals surface area contributed by atoms with Crippen LogP contribution in [0.25, 0.3) is 0 Å². The molecule has 2 N–H and O–H groups in total. The van der Waals surface area contributed by atoms with Crippen molar-refractivity contribution in [3.05, 3.63) is 52.2 Å². The van der Waals surface area contributed by atoms with Gasteiger partial charge < -0.3 is 10.5 Å². The van der Waals surface area contributed by atoms with Crippen LogP contribution in [-0.4, -0.2) is 7.11 Å². The van der Waals surface area contributed by atoms with E-state index in [0.717, 1.165) is 16.9 Å². The SMILES string of the molecule is COc1cccc([C@@H](N)c2ccsc2)c1.Cl. The number of rotatable bonds is 3. The third-order valence-corrected chi connectivity index (χ3v) is 3.06. The molecule has 86 valence electrons. The minimum atomic E-state index is -0.0636. The number of methoxy groups -OCH3 is 1. The maximum absolute atomic E-state index is 6.14. The molecule has 2 aromatic rings. The van der Waals surface area contributed by atoms with Crippen molar-refractivity contribution in [1.82, 2.24) is 0 Å². The summed E-state index contributed by atoms with van der Waals surface area (Å²) in [6, 6.07) is 9.86. The summed E-state index contributed by atoms with van der Waals surface area (Å²) in [7, 11) is 1.66. The molecular weight excluding hydrogens is 242 g/mol. The van der Waals surface area contributed by atoms with E-state index in [1.807, 2.05) is 29.6 Å². The Bertz CT molecular complexity index is 430. The van der Waals surface area contributed by atoms with Gasteiger partial charge in [0.1, 0.15) is 5.75 Å². The largest absolute Gasteiger partial charge is 0.497 e. The molecule has 1 heterocycles. The van der Waals surface area contributed by atoms with Crippen LogP contribution in [0.15, 0.2) is 41.1 Å². The average Bonchev–Trinajstić information content (AvgIpc) is 2.81. The highest BCUT2D eigenvalue weighted by molar-refractivity contribution is 7.08. The molecule has 0 spiro atoms. The Kier molecular flexibility index (Phi) is 4.80. The number of hydrogen-bond donors (Lipinski definition) is 1. The first kappa shape index (κ1) is 13.0. The van der Waals surface area contributed by atoms with Crippen LogP contribution in [-0.2, 0) is 0 Å². The molecule has 0 amide bonds. The molecule has 0 fully saturated rings. The standard InChI is InChI=1S/C12H13NOS.ClH/c1-14-11-4-2-3-9(7-11)12(13)10-5-6-15-8-10;/h2-8,12H,13H2,1H3;1H/t12-;/m1./s1. The van der Waals surface area contributed by atoms with Crippen molar-refractivity contribution in [2.24, 2.45) is 5.73 Å². The zero-order chi connectivity index (χ0) is 10.7. The highest BCUT2D eigenvalue weighted by atomic mass is 35.5. The van der Waals surface area contributed by atoms with E-state index in [2.05, 4.69) is 11.4 Å². The normalized spacial score (nSPS) is 11.6. The summed E-state index contributed by atoms with van der Waals surface area (Å²) < 4.78 is 5.17. The van der Waals surface area contributed by atoms with Crippen LogP contribution in [0.1, 0.15) is 17.2 Å². The summed E-state index contributed by atoms with van der Waals surface area (Å²) in [5, 5.41) is 4.11. The molecule has 0 saturated heterocycles. The third-order valence-electron chi connectivity index (χ3n) is 2.36. The fourth-order valence-corrected chi connectivity index (χ4v) is 2.18. The lowest BCUT2D eigenvalue weighted by molar-refractivity contribution is 0.414. The maximum Gasteiger partial charge on any atom is 0.119 e. The van der Waals surface area contributed by atoms with Crippen LogP contribution in [0.5, 0.6) is 5.75 Å². The van der Waals surface area contributed by atoms with Crippen LogP contribution < -0.4 is 10.5 Å². The van der Waals surface area contributed by atoms with Gasteiger partial charge in [0.25, 0.3) is 0 Å². The van der Waals surface area contributed by atoms with E-state index in [0.29, 0.717) is 0 Å². The lowest BCUT2D eigenvalue weighted by atomic mass is 10.0. The number of halogens is 1. The van der Waals surface area contributed by atoms with Crippen molar-refractivity contribution in [2.75, 3.05) is 7.11 Å². The number of benzene rings is 1. The summed E-state index contributed by atoms with van der Waals surface area (Å²) in [6.07, 6.45) is 0. The van der Waals surface area contributed by atoms with E-state index in [1.54, 1.807) is 18.4 Å². The minimum Gasteiger partial charge on any atom is -0.497 e. The number of thiophene rings is 1. The fourth-order valence-electron chi connectivity index (χ4n) is 1.48. The van der Waals surface area contributed by atoms with Gasteiger partial charge in [0.05, 0.1) is 13.2 Å². The predicted molar refractivity (Wildman–Crippen MR) is 70.6 cm³/mol. The lowest BCUT2D eigenvalue weighted by Gasteiger charge is -2.11. The quantitative estimate of drug-likeness (QED) is 0.914. The van der Waals surface area contributed by atoms with Crippen molar-refractivity contribution < 1.29 is 4.74 Å². The van der Waals surface area contributed by atoms with Gasteiger partial charge in [-0.25, -0.2) is 0 Å². The van der Waals surface area contributed by atoms with Gasteiger partial charge in [-0.05, 0) is 40.1 Å². The first-order chi connectivity index (χ1) is 7.31. The second kappa shape index (κ2) is 5.89. The molecule has 0 radical (unpaired) electrons. The van der Waals surface area contributed by atoms with Crippen molar-refractivity contribution in [3.63, 3.8) is 0 Å². The second-order valence-electron chi connectivity index (χ2n) is 3.31. The molecule has 0 bridgehead atoms. The number of ether oxygens (including phenoxy) is 1. The molecule has 0 aliphatic heterocycles. The van der Waals surface area contributed by atoms with E-state index >= 15 is 0 Å². The molecule has 0 aliphatic carbocycles. The first-order valence-corrected chi connectivity index (χ1v) is 5.67. The van der Waals surface area contributed by atoms with Gasteiger partial charge in [0, 0.05) is 0 Å². The molecular formula is C12H14ClNOS. The van der Waals surface area contributed by atoms with E-state index in [9.17, 15) is 0 Å². The Balaban J connectivity index is 0.00000128. The zero-order valence-corrected chi connectivity index (χ0v) is 10.6. The summed E-state index contributed by atoms with van der Waals surface area (Å²) >= 11 is 1.66. The van der Waals surface area contributed by atoms with Gasteiger partial charge in [-0.3, -0.25) is 0 Å². The zero-order valence-electron chi connectivity index (χ0n) is 8.92. The summed E-state index contributed by atoms with van der Waals surface area (Å²) in [6.45, 7) is 0. The molecule has 16 heavy (non-hydrogen) atoms. The van der Waals surface area contributed by atoms with Crippen molar-refractivity contribution in [1.29, 1.82) is 0 Å². The molecule has 2 nitrogen and oxygen atoms in total. The topological polar surface area (TPSA) is 35.2 Å². The minimum absolute atomic E-state index is 0. The molecule has 4 heteroatoms. The Hall–Kier alpha value is -1.03. The highest BCUT2D eigenvalue weighted by Crippen LogP contribution is 2.24. The Labute approximate surface area is 105 Å². The van der Waals surface area contributed by atoms with E-state index < -0.39 is 0 Å². The third kappa shape index (κ3) is 2.76. The van der Waals surface area contributed by atoms with Gasteiger partial charge >= 0.3 is 0 Å². The van der Waals surface area contributed by atoms with Crippen LogP contribution >= 0.6 is 23.7 Å². The monoisotopic (exact) mass is 255 g/mol. The van der Waals surface area contributed by atoms with Crippen molar-refractivity contribution >= 4 is 23.7 Å². The molecule has 1 atom stereocenters. The highest BCUT2D eigenvalue weighted by Gasteiger charge is 2.09. The first-order valence-electron chi connectivity index (χ1n) is 4.73. The predicted octanol–water partition coefficient (Wildman–Crippen LogP) is 3.23. The summed E-state index contributed by atoms with van der Waals surface area (Å²) in [5.41, 5.74) is 8.36. The Morgan fingerprint density at radius 1 is 1.25 bits per heavy atom. The van der Waals surface area contributed by atoms with Crippen LogP contribution in [0, 0.1) is 0 Å². The fraction of sp³-hybridized carbons (Fsp3) is 0.167. The van der Waals surface area contributed by atoms with Crippen LogP contribution in [0.4, 0.5) is 0 Å². The summed E-state index contributed by atoms with van der Waals surface area (Å²) in [4.78, 5) is 0.